The number of rotatable bonds is 13. The van der Waals surface area contributed by atoms with Gasteiger partial charge in [0.15, 0.2) is 0 Å². The lowest BCUT2D eigenvalue weighted by Crippen LogP contribution is -2.57. The van der Waals surface area contributed by atoms with Gasteiger partial charge in [0.05, 0.1) is 0 Å². The number of hydrogen-bond donors (Lipinski definition) is 3. The molecule has 3 amide bonds. The van der Waals surface area contributed by atoms with Crippen molar-refractivity contribution in [3.63, 3.8) is 0 Å². The van der Waals surface area contributed by atoms with E-state index in [9.17, 15) is 19.5 Å². The minimum absolute atomic E-state index is 0.106. The third-order valence-electron chi connectivity index (χ3n) is 6.46. The lowest BCUT2D eigenvalue weighted by atomic mass is 9.87. The van der Waals surface area contributed by atoms with Crippen LogP contribution in [-0.2, 0) is 14.3 Å². The third-order valence-corrected chi connectivity index (χ3v) is 7.11. The molecule has 8 nitrogen and oxygen atoms in total. The first-order chi connectivity index (χ1) is 17.5. The van der Waals surface area contributed by atoms with Crippen molar-refractivity contribution in [1.29, 1.82) is 0 Å². The van der Waals surface area contributed by atoms with Crippen LogP contribution in [0.3, 0.4) is 0 Å². The minimum atomic E-state index is -0.865. The normalized spacial score (nSPS) is 15.3. The maximum Gasteiger partial charge on any atom is 0.408 e. The Balaban J connectivity index is 2.44. The average Bonchev–Trinajstić information content (AvgIpc) is 2.78. The van der Waals surface area contributed by atoms with Crippen LogP contribution >= 0.6 is 11.8 Å². The number of hydrogen-bond acceptors (Lipinski definition) is 6. The SMILES string of the molecule is CCCCCNC(=O)C(c1ccc(O)c(C)c1)N(C(=O)C(CCSC)NC(=O)OC(C)(C)C)C1CCC1. The van der Waals surface area contributed by atoms with E-state index in [2.05, 4.69) is 17.6 Å². The van der Waals surface area contributed by atoms with E-state index in [0.29, 0.717) is 29.8 Å². The fourth-order valence-electron chi connectivity index (χ4n) is 4.28. The predicted molar refractivity (Wildman–Crippen MR) is 149 cm³/mol. The van der Waals surface area contributed by atoms with Crippen molar-refractivity contribution in [2.75, 3.05) is 18.6 Å². The molecule has 1 aromatic rings. The van der Waals surface area contributed by atoms with Crippen LogP contribution < -0.4 is 10.6 Å². The molecule has 2 rings (SSSR count). The van der Waals surface area contributed by atoms with E-state index in [4.69, 9.17) is 4.74 Å². The molecular formula is C28H45N3O5S. The van der Waals surface area contributed by atoms with Gasteiger partial charge in [-0.15, -0.1) is 0 Å². The number of alkyl carbamates (subject to hydrolysis) is 1. The lowest BCUT2D eigenvalue weighted by molar-refractivity contribution is -0.147. The van der Waals surface area contributed by atoms with Gasteiger partial charge in [-0.25, -0.2) is 4.79 Å². The number of carbonyl (C=O) groups excluding carboxylic acids is 3. The summed E-state index contributed by atoms with van der Waals surface area (Å²) in [6.07, 6.45) is 7.18. The van der Waals surface area contributed by atoms with Crippen molar-refractivity contribution < 1.29 is 24.2 Å². The largest absolute Gasteiger partial charge is 0.508 e. The quantitative estimate of drug-likeness (QED) is 0.304. The molecule has 0 bridgehead atoms. The summed E-state index contributed by atoms with van der Waals surface area (Å²) in [5, 5.41) is 15.9. The number of phenols is 1. The molecule has 0 spiro atoms. The van der Waals surface area contributed by atoms with Crippen LogP contribution in [0, 0.1) is 6.92 Å². The first-order valence-corrected chi connectivity index (χ1v) is 14.8. The van der Waals surface area contributed by atoms with Crippen LogP contribution in [0.15, 0.2) is 18.2 Å². The summed E-state index contributed by atoms with van der Waals surface area (Å²) >= 11 is 1.59. The number of nitrogens with one attached hydrogen (secondary N) is 2. The molecule has 0 saturated heterocycles. The molecule has 3 N–H and O–H groups in total. The molecule has 1 fully saturated rings. The first kappa shape index (κ1) is 30.8. The zero-order valence-electron chi connectivity index (χ0n) is 23.3. The van der Waals surface area contributed by atoms with Crippen molar-refractivity contribution in [1.82, 2.24) is 15.5 Å². The summed E-state index contributed by atoms with van der Waals surface area (Å²) < 4.78 is 5.44. The van der Waals surface area contributed by atoms with E-state index in [1.54, 1.807) is 62.6 Å². The maximum absolute atomic E-state index is 14.1. The zero-order valence-corrected chi connectivity index (χ0v) is 24.1. The van der Waals surface area contributed by atoms with Crippen molar-refractivity contribution >= 4 is 29.7 Å². The number of nitrogens with zero attached hydrogens (tertiary/aromatic N) is 1. The summed E-state index contributed by atoms with van der Waals surface area (Å²) in [5.74, 6) is 0.264. The number of carbonyl (C=O) groups is 3. The van der Waals surface area contributed by atoms with Crippen molar-refractivity contribution in [2.24, 2.45) is 0 Å². The molecule has 1 saturated carbocycles. The van der Waals surface area contributed by atoms with E-state index in [1.807, 2.05) is 6.26 Å². The highest BCUT2D eigenvalue weighted by Gasteiger charge is 2.42. The van der Waals surface area contributed by atoms with Crippen LogP contribution in [-0.4, -0.2) is 64.2 Å². The standard InChI is InChI=1S/C28H45N3O5S/c1-7-8-9-16-29-25(33)24(20-13-14-23(32)19(2)18-20)31(21-11-10-12-21)26(34)22(15-17-37-6)30-27(35)36-28(3,4)5/h13-14,18,21-22,24,32H,7-12,15-17H2,1-6H3,(H,29,33)(H,30,35). The molecule has 1 aliphatic rings. The Hall–Kier alpha value is -2.42. The van der Waals surface area contributed by atoms with E-state index in [-0.39, 0.29) is 23.6 Å². The Labute approximate surface area is 226 Å². The predicted octanol–water partition coefficient (Wildman–Crippen LogP) is 5.08. The number of unbranched alkanes of at least 4 members (excludes halogenated alkanes) is 2. The van der Waals surface area contributed by atoms with Crippen LogP contribution in [0.25, 0.3) is 0 Å². The van der Waals surface area contributed by atoms with Crippen molar-refractivity contribution in [3.05, 3.63) is 29.3 Å². The van der Waals surface area contributed by atoms with E-state index < -0.39 is 23.8 Å². The molecule has 0 heterocycles. The Kier molecular flexibility index (Phi) is 12.1. The fourth-order valence-corrected chi connectivity index (χ4v) is 4.75. The van der Waals surface area contributed by atoms with Gasteiger partial charge in [-0.2, -0.15) is 11.8 Å². The van der Waals surface area contributed by atoms with E-state index in [1.165, 1.54) is 0 Å². The Morgan fingerprint density at radius 2 is 1.92 bits per heavy atom. The minimum Gasteiger partial charge on any atom is -0.508 e. The molecule has 0 radical (unpaired) electrons. The number of phenolic OH excluding ortho intramolecular Hbond substituents is 1. The number of amides is 3. The second kappa shape index (κ2) is 14.5. The maximum atomic E-state index is 14.1. The number of benzene rings is 1. The van der Waals surface area contributed by atoms with Gasteiger partial charge in [0, 0.05) is 12.6 Å². The van der Waals surface area contributed by atoms with Crippen molar-refractivity contribution in [2.45, 2.75) is 103 Å². The molecular weight excluding hydrogens is 490 g/mol. The fraction of sp³-hybridized carbons (Fsp3) is 0.679. The molecule has 0 aliphatic heterocycles. The van der Waals surface area contributed by atoms with Gasteiger partial charge in [0.25, 0.3) is 0 Å². The van der Waals surface area contributed by atoms with Crippen LogP contribution in [0.1, 0.15) is 89.8 Å². The lowest BCUT2D eigenvalue weighted by Gasteiger charge is -2.43. The number of aromatic hydroxyl groups is 1. The van der Waals surface area contributed by atoms with Gasteiger partial charge >= 0.3 is 6.09 Å². The Bertz CT molecular complexity index is 914. The molecule has 208 valence electrons. The molecule has 2 unspecified atom stereocenters. The zero-order chi connectivity index (χ0) is 27.6. The highest BCUT2D eigenvalue weighted by atomic mass is 32.2. The summed E-state index contributed by atoms with van der Waals surface area (Å²) in [7, 11) is 0. The highest BCUT2D eigenvalue weighted by molar-refractivity contribution is 7.98. The first-order valence-electron chi connectivity index (χ1n) is 13.4. The molecule has 1 aromatic carbocycles. The summed E-state index contributed by atoms with van der Waals surface area (Å²) in [6, 6.07) is 3.24. The second-order valence-electron chi connectivity index (χ2n) is 10.8. The monoisotopic (exact) mass is 535 g/mol. The summed E-state index contributed by atoms with van der Waals surface area (Å²) in [6.45, 7) is 9.73. The van der Waals surface area contributed by atoms with Crippen LogP contribution in [0.2, 0.25) is 0 Å². The van der Waals surface area contributed by atoms with Crippen LogP contribution in [0.5, 0.6) is 5.75 Å². The molecule has 0 aromatic heterocycles. The van der Waals surface area contributed by atoms with Gasteiger partial charge in [-0.05, 0) is 95.1 Å². The molecule has 1 aliphatic carbocycles. The van der Waals surface area contributed by atoms with Gasteiger partial charge in [-0.3, -0.25) is 9.59 Å². The Morgan fingerprint density at radius 1 is 1.22 bits per heavy atom. The van der Waals surface area contributed by atoms with E-state index in [0.717, 1.165) is 38.5 Å². The molecule has 2 atom stereocenters. The Morgan fingerprint density at radius 3 is 2.46 bits per heavy atom. The molecule has 9 heteroatoms. The highest BCUT2D eigenvalue weighted by Crippen LogP contribution is 2.35. The summed E-state index contributed by atoms with van der Waals surface area (Å²) in [4.78, 5) is 42.1. The van der Waals surface area contributed by atoms with E-state index >= 15 is 0 Å². The van der Waals surface area contributed by atoms with Gasteiger partial charge in [-0.1, -0.05) is 25.8 Å². The smallest absolute Gasteiger partial charge is 0.408 e. The summed E-state index contributed by atoms with van der Waals surface area (Å²) in [5.41, 5.74) is 0.576. The second-order valence-corrected chi connectivity index (χ2v) is 11.7. The van der Waals surface area contributed by atoms with Gasteiger partial charge in [0.1, 0.15) is 23.4 Å². The van der Waals surface area contributed by atoms with Crippen LogP contribution in [0.4, 0.5) is 4.79 Å². The number of aryl methyl sites for hydroxylation is 1. The van der Waals surface area contributed by atoms with Gasteiger partial charge in [0.2, 0.25) is 11.8 Å². The number of ether oxygens (including phenoxy) is 1. The molecule has 37 heavy (non-hydrogen) atoms. The third kappa shape index (κ3) is 9.43. The topological polar surface area (TPSA) is 108 Å². The van der Waals surface area contributed by atoms with Gasteiger partial charge < -0.3 is 25.4 Å². The average molecular weight is 536 g/mol. The number of thioether (sulfide) groups is 1. The van der Waals surface area contributed by atoms with Crippen molar-refractivity contribution in [3.8, 4) is 5.75 Å².